The standard InChI is InChI=1S/C7H6F3IN2/c8-6(9)4-2-13-7(10)3(1-12)5(4)11/h2,6H,1,12H2. The number of nitrogens with zero attached hydrogens (tertiary/aromatic N) is 1. The van der Waals surface area contributed by atoms with Crippen LogP contribution in [0.5, 0.6) is 0 Å². The Labute approximate surface area is 86.5 Å². The van der Waals surface area contributed by atoms with Gasteiger partial charge >= 0.3 is 0 Å². The molecule has 13 heavy (non-hydrogen) atoms. The molecule has 1 heterocycles. The molecule has 0 bridgehead atoms. The van der Waals surface area contributed by atoms with Gasteiger partial charge in [0.15, 0.2) is 0 Å². The third kappa shape index (κ3) is 2.11. The molecular formula is C7H6F3IN2. The van der Waals surface area contributed by atoms with E-state index in [1.807, 2.05) is 0 Å². The molecule has 0 saturated heterocycles. The second-order valence-electron chi connectivity index (χ2n) is 2.30. The normalized spacial score (nSPS) is 10.9. The molecule has 0 amide bonds. The highest BCUT2D eigenvalue weighted by atomic mass is 127. The van der Waals surface area contributed by atoms with Gasteiger partial charge in [-0.2, -0.15) is 4.39 Å². The van der Waals surface area contributed by atoms with Crippen molar-refractivity contribution in [1.29, 1.82) is 0 Å². The molecule has 72 valence electrons. The highest BCUT2D eigenvalue weighted by molar-refractivity contribution is 14.1. The Hall–Kier alpha value is -0.370. The minimum Gasteiger partial charge on any atom is -0.326 e. The molecule has 0 spiro atoms. The summed E-state index contributed by atoms with van der Waals surface area (Å²) in [5.74, 6) is -0.781. The highest BCUT2D eigenvalue weighted by Gasteiger charge is 2.17. The molecule has 0 aliphatic carbocycles. The molecule has 1 aromatic heterocycles. The average Bonchev–Trinajstić information content (AvgIpc) is 2.04. The van der Waals surface area contributed by atoms with Gasteiger partial charge in [0.1, 0.15) is 0 Å². The molecule has 0 unspecified atom stereocenters. The minimum absolute atomic E-state index is 0.0402. The van der Waals surface area contributed by atoms with Gasteiger partial charge in [-0.3, -0.25) is 0 Å². The number of alkyl halides is 2. The number of hydrogen-bond donors (Lipinski definition) is 1. The predicted molar refractivity (Wildman–Crippen MR) is 49.8 cm³/mol. The third-order valence-electron chi connectivity index (χ3n) is 1.52. The lowest BCUT2D eigenvalue weighted by molar-refractivity contribution is 0.149. The van der Waals surface area contributed by atoms with Crippen molar-refractivity contribution in [1.82, 2.24) is 4.98 Å². The molecule has 1 aromatic rings. The minimum atomic E-state index is -2.65. The van der Waals surface area contributed by atoms with E-state index in [2.05, 4.69) is 4.98 Å². The van der Waals surface area contributed by atoms with E-state index < -0.39 is 12.4 Å². The number of rotatable bonds is 2. The van der Waals surface area contributed by atoms with Crippen LogP contribution in [0.2, 0.25) is 0 Å². The largest absolute Gasteiger partial charge is 0.326 e. The first kappa shape index (κ1) is 10.7. The van der Waals surface area contributed by atoms with Crippen molar-refractivity contribution in [3.8, 4) is 0 Å². The van der Waals surface area contributed by atoms with Crippen LogP contribution in [-0.2, 0) is 6.54 Å². The van der Waals surface area contributed by atoms with E-state index in [1.54, 1.807) is 22.6 Å². The van der Waals surface area contributed by atoms with Gasteiger partial charge in [0.25, 0.3) is 6.43 Å². The van der Waals surface area contributed by atoms with Crippen LogP contribution in [0, 0.1) is 9.52 Å². The Morgan fingerprint density at radius 2 is 2.15 bits per heavy atom. The first-order valence-electron chi connectivity index (χ1n) is 3.39. The summed E-state index contributed by atoms with van der Waals surface area (Å²) in [6.45, 7) is -0.127. The van der Waals surface area contributed by atoms with Crippen LogP contribution in [0.3, 0.4) is 0 Å². The van der Waals surface area contributed by atoms with Crippen LogP contribution in [0.4, 0.5) is 13.2 Å². The lowest BCUT2D eigenvalue weighted by atomic mass is 10.2. The van der Waals surface area contributed by atoms with Crippen molar-refractivity contribution in [2.45, 2.75) is 13.0 Å². The van der Waals surface area contributed by atoms with Gasteiger partial charge < -0.3 is 5.73 Å². The quantitative estimate of drug-likeness (QED) is 0.672. The van der Waals surface area contributed by atoms with Gasteiger partial charge in [0.2, 0.25) is 5.95 Å². The van der Waals surface area contributed by atoms with Crippen molar-refractivity contribution >= 4 is 22.6 Å². The van der Waals surface area contributed by atoms with E-state index in [-0.39, 0.29) is 21.2 Å². The Morgan fingerprint density at radius 1 is 1.54 bits per heavy atom. The fourth-order valence-electron chi connectivity index (χ4n) is 0.852. The molecule has 0 atom stereocenters. The predicted octanol–water partition coefficient (Wildman–Crippen LogP) is 2.22. The summed E-state index contributed by atoms with van der Waals surface area (Å²) in [7, 11) is 0. The summed E-state index contributed by atoms with van der Waals surface area (Å²) in [6.07, 6.45) is -1.81. The summed E-state index contributed by atoms with van der Waals surface area (Å²) in [5, 5.41) is 0. The summed E-state index contributed by atoms with van der Waals surface area (Å²) in [4.78, 5) is 3.20. The topological polar surface area (TPSA) is 38.9 Å². The van der Waals surface area contributed by atoms with E-state index >= 15 is 0 Å². The maximum absolute atomic E-state index is 12.9. The number of nitrogens with two attached hydrogens (primary N) is 1. The number of aromatic nitrogens is 1. The Morgan fingerprint density at radius 3 is 2.62 bits per heavy atom. The monoisotopic (exact) mass is 302 g/mol. The van der Waals surface area contributed by atoms with E-state index in [4.69, 9.17) is 5.73 Å². The Balaban J connectivity index is 3.27. The van der Waals surface area contributed by atoms with Crippen LogP contribution >= 0.6 is 22.6 Å². The zero-order valence-corrected chi connectivity index (χ0v) is 8.56. The van der Waals surface area contributed by atoms with Crippen molar-refractivity contribution in [2.24, 2.45) is 5.73 Å². The van der Waals surface area contributed by atoms with Crippen LogP contribution in [0.25, 0.3) is 0 Å². The average molecular weight is 302 g/mol. The Bertz CT molecular complexity index is 317. The van der Waals surface area contributed by atoms with Gasteiger partial charge in [-0.15, -0.1) is 0 Å². The SMILES string of the molecule is NCc1c(F)ncc(C(F)F)c1I. The van der Waals surface area contributed by atoms with Crippen LogP contribution in [0.1, 0.15) is 17.6 Å². The molecule has 0 fully saturated rings. The molecule has 0 aliphatic heterocycles. The zero-order valence-electron chi connectivity index (χ0n) is 6.40. The van der Waals surface area contributed by atoms with Gasteiger partial charge in [-0.1, -0.05) is 0 Å². The molecule has 2 N–H and O–H groups in total. The summed E-state index contributed by atoms with van der Waals surface area (Å²) < 4.78 is 37.5. The fraction of sp³-hybridized carbons (Fsp3) is 0.286. The van der Waals surface area contributed by atoms with Crippen molar-refractivity contribution in [3.05, 3.63) is 26.8 Å². The zero-order chi connectivity index (χ0) is 10.0. The van der Waals surface area contributed by atoms with Gasteiger partial charge in [0.05, 0.1) is 0 Å². The summed E-state index contributed by atoms with van der Waals surface area (Å²) in [6, 6.07) is 0. The van der Waals surface area contributed by atoms with Crippen LogP contribution in [-0.4, -0.2) is 4.98 Å². The maximum Gasteiger partial charge on any atom is 0.266 e. The Kier molecular flexibility index (Phi) is 3.48. The van der Waals surface area contributed by atoms with Gasteiger partial charge in [-0.05, 0) is 22.6 Å². The number of halogens is 4. The second-order valence-corrected chi connectivity index (χ2v) is 3.38. The fourth-order valence-corrected chi connectivity index (χ4v) is 1.67. The molecule has 0 aliphatic rings. The van der Waals surface area contributed by atoms with E-state index in [9.17, 15) is 13.2 Å². The van der Waals surface area contributed by atoms with Crippen LogP contribution in [0.15, 0.2) is 6.20 Å². The molecule has 1 rings (SSSR count). The maximum atomic E-state index is 12.9. The summed E-state index contributed by atoms with van der Waals surface area (Å²) >= 11 is 1.64. The second kappa shape index (κ2) is 4.23. The van der Waals surface area contributed by atoms with Crippen LogP contribution < -0.4 is 5.73 Å². The van der Waals surface area contributed by atoms with Gasteiger partial charge in [0, 0.05) is 27.4 Å². The van der Waals surface area contributed by atoms with E-state index in [0.29, 0.717) is 0 Å². The van der Waals surface area contributed by atoms with Gasteiger partial charge in [-0.25, -0.2) is 13.8 Å². The first-order valence-corrected chi connectivity index (χ1v) is 4.46. The first-order chi connectivity index (χ1) is 6.07. The molecule has 0 aromatic carbocycles. The van der Waals surface area contributed by atoms with E-state index in [1.165, 1.54) is 0 Å². The lowest BCUT2D eigenvalue weighted by Crippen LogP contribution is -2.07. The molecule has 0 radical (unpaired) electrons. The number of hydrogen-bond acceptors (Lipinski definition) is 2. The smallest absolute Gasteiger partial charge is 0.266 e. The molecule has 0 saturated carbocycles. The van der Waals surface area contributed by atoms with Crippen molar-refractivity contribution in [3.63, 3.8) is 0 Å². The molecule has 6 heteroatoms. The van der Waals surface area contributed by atoms with E-state index in [0.717, 1.165) is 6.20 Å². The lowest BCUT2D eigenvalue weighted by Gasteiger charge is -2.07. The molecule has 2 nitrogen and oxygen atoms in total. The third-order valence-corrected chi connectivity index (χ3v) is 2.80. The summed E-state index contributed by atoms with van der Waals surface area (Å²) in [5.41, 5.74) is 4.96. The highest BCUT2D eigenvalue weighted by Crippen LogP contribution is 2.26. The molecular weight excluding hydrogens is 296 g/mol. The van der Waals surface area contributed by atoms with Crippen molar-refractivity contribution < 1.29 is 13.2 Å². The van der Waals surface area contributed by atoms with Crippen molar-refractivity contribution in [2.75, 3.05) is 0 Å². The number of pyridine rings is 1.